The maximum atomic E-state index is 12.7. The molecule has 1 atom stereocenters. The number of carbonyl (C=O) groups is 2. The first kappa shape index (κ1) is 23.0. The molecule has 0 aliphatic carbocycles. The first-order valence-corrected chi connectivity index (χ1v) is 12.7. The van der Waals surface area contributed by atoms with Crippen molar-refractivity contribution in [2.24, 2.45) is 0 Å². The fourth-order valence-corrected chi connectivity index (χ4v) is 5.14. The van der Waals surface area contributed by atoms with Crippen LogP contribution in [-0.2, 0) is 4.79 Å². The Kier molecular flexibility index (Phi) is 7.43. The zero-order chi connectivity index (χ0) is 23.2. The number of thiazole rings is 1. The molecule has 4 aromatic rings. The summed E-state index contributed by atoms with van der Waals surface area (Å²) < 4.78 is 5.26. The van der Waals surface area contributed by atoms with Crippen molar-refractivity contribution < 1.29 is 14.3 Å². The van der Waals surface area contributed by atoms with Gasteiger partial charge in [0.15, 0.2) is 5.13 Å². The van der Waals surface area contributed by atoms with Gasteiger partial charge in [0, 0.05) is 21.5 Å². The van der Waals surface area contributed by atoms with Crippen LogP contribution in [0.25, 0.3) is 11.3 Å². The van der Waals surface area contributed by atoms with E-state index in [9.17, 15) is 9.59 Å². The standard InChI is InChI=1S/C24H21N3O3S3/c1-15(33-19-10-8-17(9-11-19)25-23(29)21-7-4-12-31-21)22(28)27-24-26-20(14-32-24)16-5-3-6-18(13-16)30-2/h3-15H,1-2H3,(H,25,29)(H,26,27,28). The van der Waals surface area contributed by atoms with Crippen molar-refractivity contribution in [1.29, 1.82) is 0 Å². The van der Waals surface area contributed by atoms with Gasteiger partial charge in [0.2, 0.25) is 5.91 Å². The average molecular weight is 496 g/mol. The van der Waals surface area contributed by atoms with Crippen LogP contribution in [0.2, 0.25) is 0 Å². The summed E-state index contributed by atoms with van der Waals surface area (Å²) in [6.45, 7) is 1.85. The van der Waals surface area contributed by atoms with Gasteiger partial charge < -0.3 is 15.4 Å². The Hall–Kier alpha value is -3.14. The number of hydrogen-bond acceptors (Lipinski definition) is 7. The SMILES string of the molecule is COc1cccc(-c2csc(NC(=O)C(C)Sc3ccc(NC(=O)c4cccs4)cc3)n2)c1. The first-order chi connectivity index (χ1) is 16.0. The van der Waals surface area contributed by atoms with E-state index in [1.54, 1.807) is 13.2 Å². The fourth-order valence-electron chi connectivity index (χ4n) is 2.93. The third-order valence-electron chi connectivity index (χ3n) is 4.64. The number of rotatable bonds is 8. The number of aromatic nitrogens is 1. The van der Waals surface area contributed by atoms with Gasteiger partial charge in [-0.3, -0.25) is 9.59 Å². The normalized spacial score (nSPS) is 11.6. The van der Waals surface area contributed by atoms with Gasteiger partial charge in [0.05, 0.1) is 22.9 Å². The van der Waals surface area contributed by atoms with E-state index in [0.29, 0.717) is 15.7 Å². The Labute approximate surface area is 204 Å². The maximum absolute atomic E-state index is 12.7. The molecule has 0 radical (unpaired) electrons. The van der Waals surface area contributed by atoms with Crippen LogP contribution in [0.15, 0.2) is 76.3 Å². The molecule has 0 fully saturated rings. The number of carbonyl (C=O) groups excluding carboxylic acids is 2. The van der Waals surface area contributed by atoms with Crippen molar-refractivity contribution in [2.45, 2.75) is 17.1 Å². The van der Waals surface area contributed by atoms with E-state index in [0.717, 1.165) is 21.9 Å². The van der Waals surface area contributed by atoms with E-state index < -0.39 is 0 Å². The number of nitrogens with one attached hydrogen (secondary N) is 2. The van der Waals surface area contributed by atoms with E-state index in [4.69, 9.17) is 4.74 Å². The minimum absolute atomic E-state index is 0.124. The number of nitrogens with zero attached hydrogens (tertiary/aromatic N) is 1. The second kappa shape index (κ2) is 10.7. The van der Waals surface area contributed by atoms with Crippen LogP contribution in [0.5, 0.6) is 5.75 Å². The van der Waals surface area contributed by atoms with Crippen molar-refractivity contribution in [2.75, 3.05) is 17.7 Å². The van der Waals surface area contributed by atoms with Crippen molar-refractivity contribution in [3.05, 3.63) is 76.3 Å². The first-order valence-electron chi connectivity index (χ1n) is 10.0. The molecule has 2 amide bonds. The number of benzene rings is 2. The number of hydrogen-bond donors (Lipinski definition) is 2. The molecular weight excluding hydrogens is 474 g/mol. The molecule has 168 valence electrons. The molecule has 0 bridgehead atoms. The number of methoxy groups -OCH3 is 1. The van der Waals surface area contributed by atoms with Gasteiger partial charge in [0.25, 0.3) is 5.91 Å². The number of thiophene rings is 1. The van der Waals surface area contributed by atoms with E-state index in [1.165, 1.54) is 34.4 Å². The second-order valence-corrected chi connectivity index (χ2v) is 10.2. The maximum Gasteiger partial charge on any atom is 0.265 e. The highest BCUT2D eigenvalue weighted by atomic mass is 32.2. The third kappa shape index (κ3) is 6.01. The summed E-state index contributed by atoms with van der Waals surface area (Å²) in [5, 5.41) is 9.78. The number of anilines is 2. The number of amides is 2. The number of thioether (sulfide) groups is 1. The summed E-state index contributed by atoms with van der Waals surface area (Å²) in [4.78, 5) is 30.9. The van der Waals surface area contributed by atoms with Crippen LogP contribution in [0.4, 0.5) is 10.8 Å². The molecule has 6 nitrogen and oxygen atoms in total. The van der Waals surface area contributed by atoms with E-state index >= 15 is 0 Å². The van der Waals surface area contributed by atoms with Gasteiger partial charge in [-0.15, -0.1) is 34.4 Å². The van der Waals surface area contributed by atoms with Crippen LogP contribution in [-0.4, -0.2) is 29.2 Å². The summed E-state index contributed by atoms with van der Waals surface area (Å²) >= 11 is 4.22. The van der Waals surface area contributed by atoms with E-state index in [2.05, 4.69) is 15.6 Å². The van der Waals surface area contributed by atoms with Crippen molar-refractivity contribution >= 4 is 57.1 Å². The Bertz CT molecular complexity index is 1240. The van der Waals surface area contributed by atoms with Gasteiger partial charge in [-0.2, -0.15) is 0 Å². The molecule has 0 spiro atoms. The van der Waals surface area contributed by atoms with Crippen molar-refractivity contribution in [3.8, 4) is 17.0 Å². The van der Waals surface area contributed by atoms with Gasteiger partial charge in [0.1, 0.15) is 5.75 Å². The topological polar surface area (TPSA) is 80.3 Å². The molecule has 2 aromatic heterocycles. The van der Waals surface area contributed by atoms with Gasteiger partial charge in [-0.25, -0.2) is 4.98 Å². The van der Waals surface area contributed by atoms with Crippen LogP contribution in [0.1, 0.15) is 16.6 Å². The molecule has 0 saturated carbocycles. The molecule has 33 heavy (non-hydrogen) atoms. The Morgan fingerprint density at radius 2 is 1.85 bits per heavy atom. The van der Waals surface area contributed by atoms with Crippen molar-refractivity contribution in [3.63, 3.8) is 0 Å². The molecule has 9 heteroatoms. The van der Waals surface area contributed by atoms with E-state index in [-0.39, 0.29) is 17.1 Å². The van der Waals surface area contributed by atoms with Crippen LogP contribution in [0.3, 0.4) is 0 Å². The largest absolute Gasteiger partial charge is 0.497 e. The van der Waals surface area contributed by atoms with Crippen LogP contribution < -0.4 is 15.4 Å². The predicted octanol–water partition coefficient (Wildman–Crippen LogP) is 6.25. The number of ether oxygens (including phenoxy) is 1. The van der Waals surface area contributed by atoms with Crippen molar-refractivity contribution in [1.82, 2.24) is 4.98 Å². The lowest BCUT2D eigenvalue weighted by Gasteiger charge is -2.11. The Morgan fingerprint density at radius 3 is 2.58 bits per heavy atom. The quantitative estimate of drug-likeness (QED) is 0.282. The lowest BCUT2D eigenvalue weighted by Crippen LogP contribution is -2.22. The lowest BCUT2D eigenvalue weighted by atomic mass is 10.2. The van der Waals surface area contributed by atoms with Gasteiger partial charge in [-0.05, 0) is 54.8 Å². The molecule has 0 saturated heterocycles. The zero-order valence-electron chi connectivity index (χ0n) is 17.9. The zero-order valence-corrected chi connectivity index (χ0v) is 20.4. The second-order valence-electron chi connectivity index (χ2n) is 6.97. The molecule has 2 aromatic carbocycles. The van der Waals surface area contributed by atoms with Gasteiger partial charge >= 0.3 is 0 Å². The molecule has 1 unspecified atom stereocenters. The minimum Gasteiger partial charge on any atom is -0.497 e. The molecule has 0 aliphatic heterocycles. The molecule has 4 rings (SSSR count). The molecule has 2 heterocycles. The highest BCUT2D eigenvalue weighted by Gasteiger charge is 2.17. The molecular formula is C24H21N3O3S3. The lowest BCUT2D eigenvalue weighted by molar-refractivity contribution is -0.115. The monoisotopic (exact) mass is 495 g/mol. The Morgan fingerprint density at radius 1 is 1.03 bits per heavy atom. The predicted molar refractivity (Wildman–Crippen MR) is 137 cm³/mol. The Balaban J connectivity index is 1.32. The highest BCUT2D eigenvalue weighted by molar-refractivity contribution is 8.00. The fraction of sp³-hybridized carbons (Fsp3) is 0.125. The van der Waals surface area contributed by atoms with Crippen LogP contribution >= 0.6 is 34.4 Å². The highest BCUT2D eigenvalue weighted by Crippen LogP contribution is 2.29. The third-order valence-corrected chi connectivity index (χ3v) is 7.38. The summed E-state index contributed by atoms with van der Waals surface area (Å²) in [6.07, 6.45) is 0. The van der Waals surface area contributed by atoms with Crippen LogP contribution in [0, 0.1) is 0 Å². The summed E-state index contributed by atoms with van der Waals surface area (Å²) in [7, 11) is 1.62. The minimum atomic E-state index is -0.319. The summed E-state index contributed by atoms with van der Waals surface area (Å²) in [6, 6.07) is 18.7. The molecule has 2 N–H and O–H groups in total. The smallest absolute Gasteiger partial charge is 0.265 e. The average Bonchev–Trinajstić information content (AvgIpc) is 3.53. The van der Waals surface area contributed by atoms with E-state index in [1.807, 2.05) is 72.3 Å². The summed E-state index contributed by atoms with van der Waals surface area (Å²) in [5.74, 6) is 0.504. The van der Waals surface area contributed by atoms with Gasteiger partial charge in [-0.1, -0.05) is 18.2 Å². The summed E-state index contributed by atoms with van der Waals surface area (Å²) in [5.41, 5.74) is 2.43. The molecule has 0 aliphatic rings.